The fourth-order valence-corrected chi connectivity index (χ4v) is 4.45. The molecule has 0 saturated heterocycles. The predicted octanol–water partition coefficient (Wildman–Crippen LogP) is 5.43. The molecule has 0 saturated carbocycles. The van der Waals surface area contributed by atoms with Crippen LogP contribution in [0.1, 0.15) is 16.8 Å². The summed E-state index contributed by atoms with van der Waals surface area (Å²) >= 11 is 0. The number of allylic oxidation sites excluding steroid dienone is 3. The Bertz CT molecular complexity index is 1680. The van der Waals surface area contributed by atoms with Crippen LogP contribution in [0.25, 0.3) is 27.4 Å². The third kappa shape index (κ3) is 3.88. The van der Waals surface area contributed by atoms with E-state index in [0.29, 0.717) is 35.5 Å². The Kier molecular flexibility index (Phi) is 5.77. The van der Waals surface area contributed by atoms with Crippen molar-refractivity contribution in [3.63, 3.8) is 0 Å². The smallest absolute Gasteiger partial charge is 0.341 e. The van der Waals surface area contributed by atoms with E-state index in [0.717, 1.165) is 22.4 Å². The molecule has 1 aliphatic rings. The molecule has 5 N–H and O–H groups in total. The van der Waals surface area contributed by atoms with Gasteiger partial charge in [-0.25, -0.2) is 9.18 Å². The van der Waals surface area contributed by atoms with Crippen molar-refractivity contribution in [2.75, 3.05) is 17.2 Å². The normalized spacial score (nSPS) is 12.2. The van der Waals surface area contributed by atoms with Crippen molar-refractivity contribution in [1.29, 1.82) is 0 Å². The number of nitrogens with one attached hydrogen (secondary N) is 2. The molecule has 0 aliphatic carbocycles. The molecule has 0 radical (unpaired) electrons. The number of carboxylic acid groups (broad SMARTS) is 1. The molecule has 0 spiro atoms. The van der Waals surface area contributed by atoms with E-state index in [1.54, 1.807) is 16.7 Å². The summed E-state index contributed by atoms with van der Waals surface area (Å²) in [5, 5.41) is 18.0. The zero-order chi connectivity index (χ0) is 25.4. The number of hydrogen-bond acceptors (Lipinski definition) is 5. The van der Waals surface area contributed by atoms with Gasteiger partial charge in [0, 0.05) is 12.7 Å². The van der Waals surface area contributed by atoms with Crippen LogP contribution >= 0.6 is 0 Å². The van der Waals surface area contributed by atoms with Crippen molar-refractivity contribution in [1.82, 2.24) is 4.57 Å². The highest BCUT2D eigenvalue weighted by Crippen LogP contribution is 2.43. The van der Waals surface area contributed by atoms with Gasteiger partial charge < -0.3 is 26.0 Å². The van der Waals surface area contributed by atoms with Gasteiger partial charge in [-0.1, -0.05) is 48.6 Å². The summed E-state index contributed by atoms with van der Waals surface area (Å²) in [5.41, 5.74) is 7.28. The van der Waals surface area contributed by atoms with Crippen LogP contribution in [-0.2, 0) is 0 Å². The highest BCUT2D eigenvalue weighted by molar-refractivity contribution is 6.07. The van der Waals surface area contributed by atoms with Gasteiger partial charge in [0.1, 0.15) is 11.4 Å². The van der Waals surface area contributed by atoms with Crippen LogP contribution in [0, 0.1) is 5.82 Å². The lowest BCUT2D eigenvalue weighted by molar-refractivity contribution is 0.0695. The molecule has 1 aliphatic heterocycles. The average Bonchev–Trinajstić information content (AvgIpc) is 2.86. The van der Waals surface area contributed by atoms with E-state index in [4.69, 9.17) is 5.73 Å². The maximum absolute atomic E-state index is 15.4. The Morgan fingerprint density at radius 3 is 2.67 bits per heavy atom. The van der Waals surface area contributed by atoms with Crippen LogP contribution in [-0.4, -0.2) is 22.2 Å². The quantitative estimate of drug-likeness (QED) is 0.231. The van der Waals surface area contributed by atoms with Crippen LogP contribution < -0.4 is 21.8 Å². The van der Waals surface area contributed by atoms with E-state index < -0.39 is 22.8 Å². The lowest BCUT2D eigenvalue weighted by atomic mass is 10.0. The second-order valence-electron chi connectivity index (χ2n) is 8.47. The van der Waals surface area contributed by atoms with Gasteiger partial charge in [0.15, 0.2) is 0 Å². The summed E-state index contributed by atoms with van der Waals surface area (Å²) in [4.78, 5) is 24.8. The minimum atomic E-state index is -1.37. The zero-order valence-electron chi connectivity index (χ0n) is 19.2. The van der Waals surface area contributed by atoms with Gasteiger partial charge in [-0.15, -0.1) is 0 Å². The number of fused-ring (bicyclic) bond motifs is 3. The van der Waals surface area contributed by atoms with Crippen molar-refractivity contribution in [3.8, 4) is 5.69 Å². The Hall–Kier alpha value is -4.85. The lowest BCUT2D eigenvalue weighted by Gasteiger charge is -2.27. The molecule has 7 nitrogen and oxygen atoms in total. The molecule has 0 fully saturated rings. The van der Waals surface area contributed by atoms with Crippen LogP contribution in [0.5, 0.6) is 0 Å². The SMILES string of the molecule is C=C(/C=C\C=C/N)CCNc1c(F)cc2c(=O)c(C(=O)O)cn3c2c1Nc1cc2ccccc2cc1-3. The molecule has 4 aromatic rings. The molecule has 3 aromatic carbocycles. The number of carbonyl (C=O) groups is 1. The summed E-state index contributed by atoms with van der Waals surface area (Å²) in [5.74, 6) is -2.03. The third-order valence-electron chi connectivity index (χ3n) is 6.16. The Balaban J connectivity index is 1.67. The van der Waals surface area contributed by atoms with Crippen LogP contribution in [0.2, 0.25) is 0 Å². The van der Waals surface area contributed by atoms with Gasteiger partial charge >= 0.3 is 5.97 Å². The number of benzene rings is 3. The van der Waals surface area contributed by atoms with E-state index >= 15 is 4.39 Å². The van der Waals surface area contributed by atoms with Gasteiger partial charge in [0.25, 0.3) is 0 Å². The molecule has 2 heterocycles. The van der Waals surface area contributed by atoms with E-state index in [9.17, 15) is 14.7 Å². The van der Waals surface area contributed by atoms with E-state index in [-0.39, 0.29) is 11.1 Å². The number of aromatic carboxylic acids is 1. The lowest BCUT2D eigenvalue weighted by Crippen LogP contribution is -2.22. The molecule has 0 unspecified atom stereocenters. The van der Waals surface area contributed by atoms with Crippen LogP contribution in [0.4, 0.5) is 21.5 Å². The molecular formula is C28H23FN4O3. The standard InChI is InChI=1S/C28H23FN4O3/c1-16(6-4-5-10-30)9-11-31-24-21(29)14-19-26-25(24)32-22-12-17-7-2-3-8-18(17)13-23(22)33(26)15-20(27(19)34)28(35)36/h2-8,10,12-15,31-32H,1,9,11,30H2,(H,35,36)/b6-4-,10-5-. The van der Waals surface area contributed by atoms with Gasteiger partial charge in [-0.05, 0) is 47.7 Å². The number of pyridine rings is 1. The first kappa shape index (κ1) is 22.9. The molecule has 0 bridgehead atoms. The first-order chi connectivity index (χ1) is 17.4. The molecule has 180 valence electrons. The Morgan fingerprint density at radius 1 is 1.19 bits per heavy atom. The molecule has 0 amide bonds. The molecule has 0 atom stereocenters. The maximum Gasteiger partial charge on any atom is 0.341 e. The molecule has 5 rings (SSSR count). The zero-order valence-corrected chi connectivity index (χ0v) is 19.2. The van der Waals surface area contributed by atoms with E-state index in [1.807, 2.05) is 42.5 Å². The van der Waals surface area contributed by atoms with E-state index in [2.05, 4.69) is 17.2 Å². The number of aromatic nitrogens is 1. The van der Waals surface area contributed by atoms with Crippen molar-refractivity contribution in [2.24, 2.45) is 5.73 Å². The van der Waals surface area contributed by atoms with Gasteiger partial charge in [-0.2, -0.15) is 0 Å². The average molecular weight is 483 g/mol. The van der Waals surface area contributed by atoms with Crippen molar-refractivity contribution in [2.45, 2.75) is 6.42 Å². The molecule has 8 heteroatoms. The van der Waals surface area contributed by atoms with Crippen LogP contribution in [0.3, 0.4) is 0 Å². The van der Waals surface area contributed by atoms with Gasteiger partial charge in [-0.3, -0.25) is 4.79 Å². The third-order valence-corrected chi connectivity index (χ3v) is 6.16. The number of halogens is 1. The number of nitrogens with zero attached hydrogens (tertiary/aromatic N) is 1. The highest BCUT2D eigenvalue weighted by Gasteiger charge is 2.27. The summed E-state index contributed by atoms with van der Waals surface area (Å²) in [7, 11) is 0. The van der Waals surface area contributed by atoms with Crippen molar-refractivity contribution >= 4 is 44.7 Å². The Labute approximate surface area is 205 Å². The number of anilines is 3. The fourth-order valence-electron chi connectivity index (χ4n) is 4.45. The van der Waals surface area contributed by atoms with Gasteiger partial charge in [0.05, 0.1) is 33.7 Å². The summed E-state index contributed by atoms with van der Waals surface area (Å²) in [6.07, 6.45) is 8.53. The van der Waals surface area contributed by atoms with E-state index in [1.165, 1.54) is 12.4 Å². The number of hydrogen-bond donors (Lipinski definition) is 4. The first-order valence-corrected chi connectivity index (χ1v) is 11.3. The van der Waals surface area contributed by atoms with Crippen LogP contribution in [0.15, 0.2) is 90.0 Å². The highest BCUT2D eigenvalue weighted by atomic mass is 19.1. The number of nitrogens with two attached hydrogens (primary N) is 1. The predicted molar refractivity (Wildman–Crippen MR) is 142 cm³/mol. The second kappa shape index (κ2) is 9.07. The minimum Gasteiger partial charge on any atom is -0.477 e. The van der Waals surface area contributed by atoms with Crippen molar-refractivity contribution < 1.29 is 14.3 Å². The second-order valence-corrected chi connectivity index (χ2v) is 8.47. The topological polar surface area (TPSA) is 109 Å². The molecular weight excluding hydrogens is 459 g/mol. The van der Waals surface area contributed by atoms with Gasteiger partial charge in [0.2, 0.25) is 5.43 Å². The minimum absolute atomic E-state index is 0.0137. The number of carboxylic acids is 1. The van der Waals surface area contributed by atoms with Crippen molar-refractivity contribution in [3.05, 3.63) is 107 Å². The first-order valence-electron chi connectivity index (χ1n) is 11.3. The summed E-state index contributed by atoms with van der Waals surface area (Å²) < 4.78 is 17.0. The maximum atomic E-state index is 15.4. The largest absolute Gasteiger partial charge is 0.477 e. The summed E-state index contributed by atoms with van der Waals surface area (Å²) in [6, 6.07) is 12.7. The molecule has 1 aromatic heterocycles. The molecule has 36 heavy (non-hydrogen) atoms. The fraction of sp³-hybridized carbons (Fsp3) is 0.0714. The summed E-state index contributed by atoms with van der Waals surface area (Å²) in [6.45, 7) is 4.37. The monoisotopic (exact) mass is 482 g/mol. The number of rotatable bonds is 7. The Morgan fingerprint density at radius 2 is 1.94 bits per heavy atom.